The fourth-order valence-corrected chi connectivity index (χ4v) is 2.34. The predicted octanol–water partition coefficient (Wildman–Crippen LogP) is 2.81. The Morgan fingerprint density at radius 1 is 1.41 bits per heavy atom. The highest BCUT2D eigenvalue weighted by Crippen LogP contribution is 2.24. The van der Waals surface area contributed by atoms with E-state index in [1.54, 1.807) is 31.3 Å². The van der Waals surface area contributed by atoms with Crippen molar-refractivity contribution in [2.45, 2.75) is 6.92 Å². The molecule has 0 unspecified atom stereocenters. The Bertz CT molecular complexity index is 860. The molecule has 2 heterocycles. The van der Waals surface area contributed by atoms with Gasteiger partial charge in [-0.2, -0.15) is 0 Å². The third-order valence-corrected chi connectivity index (χ3v) is 3.35. The van der Waals surface area contributed by atoms with Gasteiger partial charge in [0.25, 0.3) is 0 Å². The van der Waals surface area contributed by atoms with Gasteiger partial charge in [-0.15, -0.1) is 5.10 Å². The van der Waals surface area contributed by atoms with Gasteiger partial charge in [0.05, 0.1) is 12.3 Å². The molecule has 3 aromatic rings. The number of hydrogen-bond donors (Lipinski definition) is 1. The van der Waals surface area contributed by atoms with Crippen molar-refractivity contribution in [3.05, 3.63) is 47.1 Å². The van der Waals surface area contributed by atoms with E-state index in [-0.39, 0.29) is 18.0 Å². The van der Waals surface area contributed by atoms with E-state index in [0.29, 0.717) is 16.4 Å². The number of carbonyl (C=O) groups is 1. The average molecular weight is 317 g/mol. The first-order valence-corrected chi connectivity index (χ1v) is 7.06. The molecule has 0 aliphatic rings. The second kappa shape index (κ2) is 5.65. The molecule has 2 N–H and O–H groups in total. The van der Waals surface area contributed by atoms with Gasteiger partial charge >= 0.3 is 5.97 Å². The topological polar surface area (TPSA) is 82.5 Å². The SMILES string of the molecule is CCOC(=O)c1c(N)nn2ccc(-c3cccc(Cl)c3)nc12. The van der Waals surface area contributed by atoms with Gasteiger partial charge in [-0.25, -0.2) is 14.3 Å². The van der Waals surface area contributed by atoms with Crippen molar-refractivity contribution in [3.63, 3.8) is 0 Å². The number of anilines is 1. The molecule has 0 amide bonds. The van der Waals surface area contributed by atoms with Crippen LogP contribution in [0.25, 0.3) is 16.9 Å². The van der Waals surface area contributed by atoms with Crippen molar-refractivity contribution in [2.75, 3.05) is 12.3 Å². The van der Waals surface area contributed by atoms with Gasteiger partial charge in [-0.05, 0) is 25.1 Å². The number of ether oxygens (including phenoxy) is 1. The first kappa shape index (κ1) is 14.3. The number of aromatic nitrogens is 3. The van der Waals surface area contributed by atoms with Gasteiger partial charge in [-0.3, -0.25) is 0 Å². The van der Waals surface area contributed by atoms with Gasteiger partial charge in [-0.1, -0.05) is 23.7 Å². The molecule has 6 nitrogen and oxygen atoms in total. The van der Waals surface area contributed by atoms with E-state index in [2.05, 4.69) is 10.1 Å². The van der Waals surface area contributed by atoms with Gasteiger partial charge in [0.1, 0.15) is 5.56 Å². The van der Waals surface area contributed by atoms with Crippen molar-refractivity contribution in [1.29, 1.82) is 0 Å². The lowest BCUT2D eigenvalue weighted by atomic mass is 10.1. The number of rotatable bonds is 3. The Morgan fingerprint density at radius 3 is 2.95 bits per heavy atom. The molecule has 7 heteroatoms. The van der Waals surface area contributed by atoms with Gasteiger partial charge in [0, 0.05) is 16.8 Å². The van der Waals surface area contributed by atoms with E-state index in [1.165, 1.54) is 4.52 Å². The van der Waals surface area contributed by atoms with E-state index < -0.39 is 5.97 Å². The quantitative estimate of drug-likeness (QED) is 0.751. The molecule has 0 aliphatic carbocycles. The lowest BCUT2D eigenvalue weighted by molar-refractivity contribution is 0.0529. The largest absolute Gasteiger partial charge is 0.462 e. The van der Waals surface area contributed by atoms with Crippen LogP contribution in [-0.4, -0.2) is 27.2 Å². The van der Waals surface area contributed by atoms with Crippen LogP contribution in [0.2, 0.25) is 5.02 Å². The molecule has 1 aromatic carbocycles. The molecule has 0 saturated heterocycles. The summed E-state index contributed by atoms with van der Waals surface area (Å²) in [6.45, 7) is 1.98. The molecule has 0 saturated carbocycles. The van der Waals surface area contributed by atoms with Crippen molar-refractivity contribution in [1.82, 2.24) is 14.6 Å². The van der Waals surface area contributed by atoms with Crippen molar-refractivity contribution >= 4 is 29.0 Å². The Hall–Kier alpha value is -2.60. The molecule has 0 bridgehead atoms. The number of benzene rings is 1. The molecule has 0 radical (unpaired) electrons. The summed E-state index contributed by atoms with van der Waals surface area (Å²) in [5.41, 5.74) is 7.84. The van der Waals surface area contributed by atoms with E-state index >= 15 is 0 Å². The van der Waals surface area contributed by atoms with Gasteiger partial charge < -0.3 is 10.5 Å². The van der Waals surface area contributed by atoms with Crippen LogP contribution >= 0.6 is 11.6 Å². The molecule has 0 spiro atoms. The summed E-state index contributed by atoms with van der Waals surface area (Å²) >= 11 is 6.00. The summed E-state index contributed by atoms with van der Waals surface area (Å²) in [6.07, 6.45) is 1.69. The minimum Gasteiger partial charge on any atom is -0.462 e. The maximum atomic E-state index is 12.0. The molecular formula is C15H13ClN4O2. The van der Waals surface area contributed by atoms with Gasteiger partial charge in [0.15, 0.2) is 11.5 Å². The van der Waals surface area contributed by atoms with E-state index in [0.717, 1.165) is 5.56 Å². The van der Waals surface area contributed by atoms with Crippen molar-refractivity contribution in [3.8, 4) is 11.3 Å². The lowest BCUT2D eigenvalue weighted by Gasteiger charge is -2.03. The Kier molecular flexibility index (Phi) is 3.68. The summed E-state index contributed by atoms with van der Waals surface area (Å²) in [5.74, 6) is -0.445. The number of nitrogens with zero attached hydrogens (tertiary/aromatic N) is 3. The average Bonchev–Trinajstić information content (AvgIpc) is 2.82. The highest BCUT2D eigenvalue weighted by molar-refractivity contribution is 6.30. The fraction of sp³-hybridized carbons (Fsp3) is 0.133. The number of hydrogen-bond acceptors (Lipinski definition) is 5. The molecule has 0 aliphatic heterocycles. The van der Waals surface area contributed by atoms with E-state index in [9.17, 15) is 4.79 Å². The zero-order chi connectivity index (χ0) is 15.7. The van der Waals surface area contributed by atoms with E-state index in [4.69, 9.17) is 22.1 Å². The summed E-state index contributed by atoms with van der Waals surface area (Å²) in [7, 11) is 0. The van der Waals surface area contributed by atoms with Crippen molar-refractivity contribution < 1.29 is 9.53 Å². The third kappa shape index (κ3) is 2.48. The fourth-order valence-electron chi connectivity index (χ4n) is 2.15. The van der Waals surface area contributed by atoms with Crippen LogP contribution in [-0.2, 0) is 4.74 Å². The van der Waals surface area contributed by atoms with Gasteiger partial charge in [0.2, 0.25) is 0 Å². The zero-order valence-corrected chi connectivity index (χ0v) is 12.5. The van der Waals surface area contributed by atoms with Crippen LogP contribution in [0.3, 0.4) is 0 Å². The van der Waals surface area contributed by atoms with Crippen LogP contribution in [0.15, 0.2) is 36.5 Å². The molecule has 22 heavy (non-hydrogen) atoms. The highest BCUT2D eigenvalue weighted by Gasteiger charge is 2.20. The standard InChI is InChI=1S/C15H13ClN4O2/c1-2-22-15(21)12-13(17)19-20-7-6-11(18-14(12)20)9-4-3-5-10(16)8-9/h3-8H,2H2,1H3,(H2,17,19). The third-order valence-electron chi connectivity index (χ3n) is 3.11. The van der Waals surface area contributed by atoms with Crippen LogP contribution in [0, 0.1) is 0 Å². The van der Waals surface area contributed by atoms with Crippen LogP contribution in [0.5, 0.6) is 0 Å². The molecular weight excluding hydrogens is 304 g/mol. The summed E-state index contributed by atoms with van der Waals surface area (Å²) in [6, 6.07) is 9.07. The predicted molar refractivity (Wildman–Crippen MR) is 83.8 cm³/mol. The normalized spacial score (nSPS) is 10.8. The maximum Gasteiger partial charge on any atom is 0.345 e. The molecule has 3 rings (SSSR count). The molecule has 2 aromatic heterocycles. The van der Waals surface area contributed by atoms with Crippen LogP contribution < -0.4 is 5.73 Å². The number of fused-ring (bicyclic) bond motifs is 1. The Balaban J connectivity index is 2.16. The molecule has 112 valence electrons. The Morgan fingerprint density at radius 2 is 2.23 bits per heavy atom. The smallest absolute Gasteiger partial charge is 0.345 e. The second-order valence-electron chi connectivity index (χ2n) is 4.57. The highest BCUT2D eigenvalue weighted by atomic mass is 35.5. The summed E-state index contributed by atoms with van der Waals surface area (Å²) < 4.78 is 6.46. The number of halogens is 1. The number of nitrogen functional groups attached to an aromatic ring is 1. The minimum absolute atomic E-state index is 0.0918. The lowest BCUT2D eigenvalue weighted by Crippen LogP contribution is -2.07. The van der Waals surface area contributed by atoms with Crippen LogP contribution in [0.1, 0.15) is 17.3 Å². The maximum absolute atomic E-state index is 12.0. The zero-order valence-electron chi connectivity index (χ0n) is 11.8. The summed E-state index contributed by atoms with van der Waals surface area (Å²) in [5, 5.41) is 4.68. The second-order valence-corrected chi connectivity index (χ2v) is 5.01. The minimum atomic E-state index is -0.536. The van der Waals surface area contributed by atoms with E-state index in [1.807, 2.05) is 12.1 Å². The van der Waals surface area contributed by atoms with Crippen molar-refractivity contribution in [2.24, 2.45) is 0 Å². The van der Waals surface area contributed by atoms with Crippen LogP contribution in [0.4, 0.5) is 5.82 Å². The number of nitrogens with two attached hydrogens (primary N) is 1. The molecule has 0 fully saturated rings. The number of carbonyl (C=O) groups excluding carboxylic acids is 1. The first-order chi connectivity index (χ1) is 10.6. The first-order valence-electron chi connectivity index (χ1n) is 6.68. The molecule has 0 atom stereocenters. The Labute approximate surface area is 131 Å². The number of esters is 1. The summed E-state index contributed by atoms with van der Waals surface area (Å²) in [4.78, 5) is 16.5. The monoisotopic (exact) mass is 316 g/mol.